The van der Waals surface area contributed by atoms with E-state index in [-0.39, 0.29) is 5.41 Å². The van der Waals surface area contributed by atoms with Crippen molar-refractivity contribution in [3.05, 3.63) is 102 Å². The van der Waals surface area contributed by atoms with E-state index in [2.05, 4.69) is 97.3 Å². The van der Waals surface area contributed by atoms with E-state index in [1.165, 1.54) is 44.1 Å². The fourth-order valence-corrected chi connectivity index (χ4v) is 5.20. The molecule has 142 valence electrons. The van der Waals surface area contributed by atoms with Gasteiger partial charge in [-0.2, -0.15) is 5.26 Å². The fourth-order valence-electron chi connectivity index (χ4n) is 5.20. The number of nitrogens with zero attached hydrogens (tertiary/aromatic N) is 2. The summed E-state index contributed by atoms with van der Waals surface area (Å²) < 4.78 is 2.36. The zero-order valence-corrected chi connectivity index (χ0v) is 17.0. The Kier molecular flexibility index (Phi) is 3.32. The van der Waals surface area contributed by atoms with Crippen LogP contribution in [0.3, 0.4) is 0 Å². The van der Waals surface area contributed by atoms with Crippen molar-refractivity contribution in [2.24, 2.45) is 0 Å². The van der Waals surface area contributed by atoms with Crippen molar-refractivity contribution < 1.29 is 0 Å². The third kappa shape index (κ3) is 2.07. The highest BCUT2D eigenvalue weighted by Gasteiger charge is 2.37. The number of benzene rings is 4. The Balaban J connectivity index is 1.83. The molecule has 2 heteroatoms. The average Bonchev–Trinajstić information content (AvgIpc) is 3.24. The lowest BCUT2D eigenvalue weighted by Crippen LogP contribution is -2.14. The van der Waals surface area contributed by atoms with Crippen molar-refractivity contribution in [3.63, 3.8) is 0 Å². The van der Waals surface area contributed by atoms with Crippen molar-refractivity contribution in [3.8, 4) is 22.9 Å². The van der Waals surface area contributed by atoms with Gasteiger partial charge in [0.25, 0.3) is 0 Å². The summed E-state index contributed by atoms with van der Waals surface area (Å²) in [7, 11) is 0. The molecule has 0 fully saturated rings. The van der Waals surface area contributed by atoms with Crippen LogP contribution in [-0.2, 0) is 5.41 Å². The molecule has 0 saturated carbocycles. The predicted molar refractivity (Wildman–Crippen MR) is 123 cm³/mol. The van der Waals surface area contributed by atoms with Crippen LogP contribution in [0.5, 0.6) is 0 Å². The van der Waals surface area contributed by atoms with Gasteiger partial charge in [0.2, 0.25) is 0 Å². The van der Waals surface area contributed by atoms with E-state index < -0.39 is 0 Å². The van der Waals surface area contributed by atoms with Gasteiger partial charge < -0.3 is 4.57 Å². The van der Waals surface area contributed by atoms with Gasteiger partial charge in [0.05, 0.1) is 22.7 Å². The molecule has 0 spiro atoms. The van der Waals surface area contributed by atoms with Crippen LogP contribution >= 0.6 is 0 Å². The summed E-state index contributed by atoms with van der Waals surface area (Å²) in [6.45, 7) is 4.64. The van der Waals surface area contributed by atoms with E-state index in [1.54, 1.807) is 0 Å². The maximum absolute atomic E-state index is 9.24. The minimum absolute atomic E-state index is 0.0356. The van der Waals surface area contributed by atoms with Gasteiger partial charge in [0.15, 0.2) is 0 Å². The van der Waals surface area contributed by atoms with Crippen molar-refractivity contribution in [1.29, 1.82) is 5.26 Å². The van der Waals surface area contributed by atoms with Gasteiger partial charge in [-0.3, -0.25) is 0 Å². The lowest BCUT2D eigenvalue weighted by Gasteiger charge is -2.21. The van der Waals surface area contributed by atoms with Crippen LogP contribution in [0.25, 0.3) is 38.6 Å². The highest BCUT2D eigenvalue weighted by atomic mass is 15.0. The normalized spacial score (nSPS) is 13.9. The molecule has 1 heterocycles. The number of aromatic nitrogens is 1. The summed E-state index contributed by atoms with van der Waals surface area (Å²) in [5.74, 6) is 0. The second kappa shape index (κ2) is 5.84. The van der Waals surface area contributed by atoms with Crippen molar-refractivity contribution in [2.45, 2.75) is 19.3 Å². The first kappa shape index (κ1) is 17.1. The Morgan fingerprint density at radius 2 is 1.47 bits per heavy atom. The molecule has 1 aliphatic rings. The van der Waals surface area contributed by atoms with Crippen LogP contribution < -0.4 is 0 Å². The summed E-state index contributed by atoms with van der Waals surface area (Å²) in [4.78, 5) is 0. The van der Waals surface area contributed by atoms with E-state index in [4.69, 9.17) is 0 Å². The molecule has 1 aliphatic carbocycles. The van der Waals surface area contributed by atoms with Crippen LogP contribution in [-0.4, -0.2) is 4.57 Å². The average molecular weight is 384 g/mol. The molecular formula is C28H20N2. The number of hydrogen-bond donors (Lipinski definition) is 0. The summed E-state index contributed by atoms with van der Waals surface area (Å²) in [6.07, 6.45) is 0. The molecule has 1 aromatic heterocycles. The number of rotatable bonds is 1. The lowest BCUT2D eigenvalue weighted by molar-refractivity contribution is 0.661. The van der Waals surface area contributed by atoms with E-state index in [0.29, 0.717) is 5.56 Å². The Labute approximate surface area is 175 Å². The Bertz CT molecular complexity index is 1510. The standard InChI is InChI=1S/C28H20N2/c1-28(2)23-9-5-3-8-22(23)26-24(28)16-15-21-20-7-4-6-10-25(20)30(27(21)26)19-13-11-18(17-29)12-14-19/h3-16H,1-2H3. The summed E-state index contributed by atoms with van der Waals surface area (Å²) >= 11 is 0. The first-order chi connectivity index (χ1) is 14.6. The van der Waals surface area contributed by atoms with Crippen LogP contribution in [0.2, 0.25) is 0 Å². The summed E-state index contributed by atoms with van der Waals surface area (Å²) in [5.41, 5.74) is 9.55. The zero-order chi connectivity index (χ0) is 20.5. The van der Waals surface area contributed by atoms with E-state index >= 15 is 0 Å². The van der Waals surface area contributed by atoms with Gasteiger partial charge in [0.1, 0.15) is 0 Å². The molecule has 0 unspecified atom stereocenters. The third-order valence-electron chi connectivity index (χ3n) is 6.63. The number of nitriles is 1. The van der Waals surface area contributed by atoms with Gasteiger partial charge in [0, 0.05) is 27.4 Å². The Morgan fingerprint density at radius 1 is 0.733 bits per heavy atom. The summed E-state index contributed by atoms with van der Waals surface area (Å²) in [6, 6.07) is 32.1. The predicted octanol–water partition coefficient (Wildman–Crippen LogP) is 6.96. The Hall–Kier alpha value is -3.83. The van der Waals surface area contributed by atoms with Gasteiger partial charge in [-0.05, 0) is 47.0 Å². The van der Waals surface area contributed by atoms with Crippen LogP contribution in [0.4, 0.5) is 0 Å². The molecule has 6 rings (SSSR count). The second-order valence-electron chi connectivity index (χ2n) is 8.57. The molecule has 4 aromatic carbocycles. The highest BCUT2D eigenvalue weighted by molar-refractivity contribution is 6.15. The van der Waals surface area contributed by atoms with Gasteiger partial charge in [-0.15, -0.1) is 0 Å². The molecule has 0 aliphatic heterocycles. The lowest BCUT2D eigenvalue weighted by atomic mass is 9.82. The molecule has 30 heavy (non-hydrogen) atoms. The molecule has 0 atom stereocenters. The van der Waals surface area contributed by atoms with E-state index in [9.17, 15) is 5.26 Å². The van der Waals surface area contributed by atoms with Gasteiger partial charge in [-0.25, -0.2) is 0 Å². The molecule has 5 aromatic rings. The zero-order valence-electron chi connectivity index (χ0n) is 17.0. The van der Waals surface area contributed by atoms with Crippen molar-refractivity contribution >= 4 is 21.8 Å². The maximum Gasteiger partial charge on any atom is 0.0991 e. The van der Waals surface area contributed by atoms with Crippen LogP contribution in [0.15, 0.2) is 84.9 Å². The number of fused-ring (bicyclic) bond motifs is 7. The molecule has 0 amide bonds. The van der Waals surface area contributed by atoms with Gasteiger partial charge in [-0.1, -0.05) is 68.4 Å². The molecular weight excluding hydrogens is 364 g/mol. The molecule has 0 N–H and O–H groups in total. The molecule has 0 radical (unpaired) electrons. The highest BCUT2D eigenvalue weighted by Crippen LogP contribution is 2.52. The van der Waals surface area contributed by atoms with Gasteiger partial charge >= 0.3 is 0 Å². The SMILES string of the molecule is CC1(C)c2ccccc2-c2c1ccc1c3ccccc3n(-c3ccc(C#N)cc3)c21. The van der Waals surface area contributed by atoms with Crippen LogP contribution in [0.1, 0.15) is 30.5 Å². The Morgan fingerprint density at radius 3 is 2.27 bits per heavy atom. The first-order valence-electron chi connectivity index (χ1n) is 10.3. The minimum atomic E-state index is -0.0356. The van der Waals surface area contributed by atoms with Crippen molar-refractivity contribution in [1.82, 2.24) is 4.57 Å². The maximum atomic E-state index is 9.24. The monoisotopic (exact) mass is 384 g/mol. The molecule has 2 nitrogen and oxygen atoms in total. The van der Waals surface area contributed by atoms with E-state index in [1.807, 2.05) is 12.1 Å². The number of para-hydroxylation sites is 1. The third-order valence-corrected chi connectivity index (χ3v) is 6.63. The minimum Gasteiger partial charge on any atom is -0.309 e. The first-order valence-corrected chi connectivity index (χ1v) is 10.3. The van der Waals surface area contributed by atoms with E-state index in [0.717, 1.165) is 5.69 Å². The molecule has 0 saturated heterocycles. The van der Waals surface area contributed by atoms with Crippen LogP contribution in [0, 0.1) is 11.3 Å². The molecule has 0 bridgehead atoms. The summed E-state index contributed by atoms with van der Waals surface area (Å²) in [5, 5.41) is 11.8. The topological polar surface area (TPSA) is 28.7 Å². The fraction of sp³-hybridized carbons (Fsp3) is 0.107. The quantitative estimate of drug-likeness (QED) is 0.307. The number of hydrogen-bond acceptors (Lipinski definition) is 1. The second-order valence-corrected chi connectivity index (χ2v) is 8.57. The van der Waals surface area contributed by atoms with Crippen molar-refractivity contribution in [2.75, 3.05) is 0 Å². The largest absolute Gasteiger partial charge is 0.309 e. The smallest absolute Gasteiger partial charge is 0.0991 e.